The Hall–Kier alpha value is -1.98. The van der Waals surface area contributed by atoms with Crippen molar-refractivity contribution in [2.24, 2.45) is 5.92 Å². The van der Waals surface area contributed by atoms with Gasteiger partial charge in [0.25, 0.3) is 0 Å². The summed E-state index contributed by atoms with van der Waals surface area (Å²) in [6, 6.07) is 0. The van der Waals surface area contributed by atoms with Gasteiger partial charge in [0.2, 0.25) is 0 Å². The number of ether oxygens (including phenoxy) is 2. The second-order valence-corrected chi connectivity index (χ2v) is 3.27. The molecule has 0 atom stereocenters. The third-order valence-electron chi connectivity index (χ3n) is 2.02. The molecule has 0 bridgehead atoms. The zero-order chi connectivity index (χ0) is 13.6. The minimum Gasteiger partial charge on any atom is -0.466 e. The van der Waals surface area contributed by atoms with E-state index in [0.29, 0.717) is 0 Å². The molecule has 0 aromatic heterocycles. The molecule has 0 N–H and O–H groups in total. The van der Waals surface area contributed by atoms with Gasteiger partial charge in [-0.3, -0.25) is 9.59 Å². The van der Waals surface area contributed by atoms with Crippen molar-refractivity contribution in [1.29, 1.82) is 0 Å². The molecule has 0 saturated carbocycles. The molecule has 94 valence electrons. The summed E-state index contributed by atoms with van der Waals surface area (Å²) in [6.45, 7) is 2.31. The molecule has 0 spiro atoms. The number of carbonyl (C=O) groups excluding carboxylic acids is 4. The average molecular weight is 242 g/mol. The van der Waals surface area contributed by atoms with E-state index < -0.39 is 29.4 Å². The zero-order valence-corrected chi connectivity index (χ0v) is 10.1. The largest absolute Gasteiger partial charge is 0.466 e. The smallest absolute Gasteiger partial charge is 0.335 e. The Labute approximate surface area is 98.6 Å². The first-order valence-corrected chi connectivity index (χ1v) is 4.73. The Kier molecular flexibility index (Phi) is 5.80. The highest BCUT2D eigenvalue weighted by molar-refractivity contribution is 6.12. The van der Waals surface area contributed by atoms with E-state index in [1.807, 2.05) is 0 Å². The average Bonchev–Trinajstić information content (AvgIpc) is 2.25. The number of rotatable bonds is 5. The minimum absolute atomic E-state index is 0.320. The van der Waals surface area contributed by atoms with E-state index in [1.165, 1.54) is 0 Å². The van der Waals surface area contributed by atoms with Crippen LogP contribution in [-0.4, -0.2) is 37.7 Å². The number of Topliss-reactive ketones (excluding diaryl/α,β-unsaturated/α-hetero) is 2. The van der Waals surface area contributed by atoms with Gasteiger partial charge in [0.1, 0.15) is 17.5 Å². The van der Waals surface area contributed by atoms with Crippen LogP contribution in [0.3, 0.4) is 0 Å². The van der Waals surface area contributed by atoms with Crippen LogP contribution < -0.4 is 0 Å². The molecule has 0 aromatic carbocycles. The third-order valence-corrected chi connectivity index (χ3v) is 2.02. The first kappa shape index (κ1) is 15.0. The Balaban J connectivity index is 5.51. The summed E-state index contributed by atoms with van der Waals surface area (Å²) in [5.74, 6) is -4.14. The summed E-state index contributed by atoms with van der Waals surface area (Å²) in [4.78, 5) is 45.1. The SMILES string of the molecule is COC(=O)C=C(C(=O)OC)C(C(C)=O)C(C)=O. The van der Waals surface area contributed by atoms with Crippen molar-refractivity contribution in [3.05, 3.63) is 11.6 Å². The highest BCUT2D eigenvalue weighted by Crippen LogP contribution is 2.15. The van der Waals surface area contributed by atoms with Gasteiger partial charge in [-0.2, -0.15) is 0 Å². The summed E-state index contributed by atoms with van der Waals surface area (Å²) >= 11 is 0. The molecule has 0 heterocycles. The molecule has 0 aliphatic rings. The predicted molar refractivity (Wildman–Crippen MR) is 57.0 cm³/mol. The second-order valence-electron chi connectivity index (χ2n) is 3.27. The molecule has 17 heavy (non-hydrogen) atoms. The van der Waals surface area contributed by atoms with Crippen molar-refractivity contribution in [3.63, 3.8) is 0 Å². The van der Waals surface area contributed by atoms with Crippen molar-refractivity contribution in [2.75, 3.05) is 14.2 Å². The Bertz CT molecular complexity index is 365. The van der Waals surface area contributed by atoms with E-state index in [2.05, 4.69) is 9.47 Å². The van der Waals surface area contributed by atoms with Crippen LogP contribution in [-0.2, 0) is 28.7 Å². The molecule has 6 heteroatoms. The van der Waals surface area contributed by atoms with E-state index >= 15 is 0 Å². The maximum absolute atomic E-state index is 11.4. The highest BCUT2D eigenvalue weighted by Gasteiger charge is 2.30. The maximum Gasteiger partial charge on any atom is 0.335 e. The van der Waals surface area contributed by atoms with Crippen molar-refractivity contribution in [3.8, 4) is 0 Å². The molecule has 0 unspecified atom stereocenters. The van der Waals surface area contributed by atoms with Crippen molar-refractivity contribution in [2.45, 2.75) is 13.8 Å². The lowest BCUT2D eigenvalue weighted by molar-refractivity contribution is -0.141. The van der Waals surface area contributed by atoms with Gasteiger partial charge >= 0.3 is 11.9 Å². The van der Waals surface area contributed by atoms with Crippen LogP contribution in [0.4, 0.5) is 0 Å². The molecule has 6 nitrogen and oxygen atoms in total. The van der Waals surface area contributed by atoms with Crippen molar-refractivity contribution < 1.29 is 28.7 Å². The van der Waals surface area contributed by atoms with Crippen molar-refractivity contribution >= 4 is 23.5 Å². The second kappa shape index (κ2) is 6.57. The number of hydrogen-bond donors (Lipinski definition) is 0. The van der Waals surface area contributed by atoms with E-state index in [-0.39, 0.29) is 5.57 Å². The van der Waals surface area contributed by atoms with Crippen molar-refractivity contribution in [1.82, 2.24) is 0 Å². The lowest BCUT2D eigenvalue weighted by Crippen LogP contribution is -2.27. The lowest BCUT2D eigenvalue weighted by Gasteiger charge is -2.12. The number of ketones is 2. The molecule has 0 amide bonds. The molecule has 0 aliphatic carbocycles. The van der Waals surface area contributed by atoms with E-state index in [4.69, 9.17) is 0 Å². The van der Waals surface area contributed by atoms with Gasteiger partial charge in [0.15, 0.2) is 0 Å². The number of methoxy groups -OCH3 is 2. The monoisotopic (exact) mass is 242 g/mol. The van der Waals surface area contributed by atoms with Gasteiger partial charge in [-0.15, -0.1) is 0 Å². The normalized spacial score (nSPS) is 11.0. The fourth-order valence-electron chi connectivity index (χ4n) is 1.29. The van der Waals surface area contributed by atoms with Crippen LogP contribution in [0.25, 0.3) is 0 Å². The summed E-state index contributed by atoms with van der Waals surface area (Å²) < 4.78 is 8.76. The molecule has 0 aliphatic heterocycles. The first-order chi connectivity index (χ1) is 7.84. The summed E-state index contributed by atoms with van der Waals surface area (Å²) in [5, 5.41) is 0. The fraction of sp³-hybridized carbons (Fsp3) is 0.455. The molecule has 0 aromatic rings. The quantitative estimate of drug-likeness (QED) is 0.384. The number of esters is 2. The highest BCUT2D eigenvalue weighted by atomic mass is 16.5. The van der Waals surface area contributed by atoms with Crippen LogP contribution >= 0.6 is 0 Å². The van der Waals surface area contributed by atoms with E-state index in [0.717, 1.165) is 34.1 Å². The van der Waals surface area contributed by atoms with E-state index in [1.54, 1.807) is 0 Å². The Morgan fingerprint density at radius 2 is 1.41 bits per heavy atom. The fourth-order valence-corrected chi connectivity index (χ4v) is 1.29. The Morgan fingerprint density at radius 3 is 1.71 bits per heavy atom. The summed E-state index contributed by atoms with van der Waals surface area (Å²) in [5.41, 5.74) is -0.320. The molecule has 0 radical (unpaired) electrons. The Morgan fingerprint density at radius 1 is 0.941 bits per heavy atom. The number of carbonyl (C=O) groups is 4. The molecular weight excluding hydrogens is 228 g/mol. The molecule has 0 fully saturated rings. The summed E-state index contributed by atoms with van der Waals surface area (Å²) in [7, 11) is 2.20. The summed E-state index contributed by atoms with van der Waals surface area (Å²) in [6.07, 6.45) is 0.791. The lowest BCUT2D eigenvalue weighted by atomic mass is 9.91. The molecular formula is C11H14O6. The van der Waals surface area contributed by atoms with Crippen LogP contribution in [0.15, 0.2) is 11.6 Å². The van der Waals surface area contributed by atoms with Crippen LogP contribution in [0.5, 0.6) is 0 Å². The van der Waals surface area contributed by atoms with Crippen LogP contribution in [0.2, 0.25) is 0 Å². The number of hydrogen-bond acceptors (Lipinski definition) is 6. The third kappa shape index (κ3) is 4.18. The standard InChI is InChI=1S/C11H14O6/c1-6(12)10(7(2)13)8(11(15)17-4)5-9(14)16-3/h5,10H,1-4H3. The van der Waals surface area contributed by atoms with Gasteiger partial charge in [0, 0.05) is 6.08 Å². The van der Waals surface area contributed by atoms with Gasteiger partial charge in [-0.1, -0.05) is 0 Å². The first-order valence-electron chi connectivity index (χ1n) is 4.73. The minimum atomic E-state index is -1.30. The van der Waals surface area contributed by atoms with E-state index in [9.17, 15) is 19.2 Å². The molecule has 0 rings (SSSR count). The van der Waals surface area contributed by atoms with Gasteiger partial charge in [-0.25, -0.2) is 9.59 Å². The van der Waals surface area contributed by atoms with Gasteiger partial charge < -0.3 is 9.47 Å². The molecule has 0 saturated heterocycles. The predicted octanol–water partition coefficient (Wildman–Crippen LogP) is 0.0530. The van der Waals surface area contributed by atoms with Crippen LogP contribution in [0.1, 0.15) is 13.8 Å². The zero-order valence-electron chi connectivity index (χ0n) is 10.1. The maximum atomic E-state index is 11.4. The van der Waals surface area contributed by atoms with Gasteiger partial charge in [0.05, 0.1) is 19.8 Å². The van der Waals surface area contributed by atoms with Gasteiger partial charge in [-0.05, 0) is 13.8 Å². The van der Waals surface area contributed by atoms with Crippen LogP contribution in [0, 0.1) is 5.92 Å². The topological polar surface area (TPSA) is 86.7 Å².